The van der Waals surface area contributed by atoms with Crippen LogP contribution in [-0.2, 0) is 11.2 Å². The molecule has 5 N–H and O–H groups in total. The minimum absolute atomic E-state index is 0.128. The molecule has 0 fully saturated rings. The van der Waals surface area contributed by atoms with Gasteiger partial charge in [-0.3, -0.25) is 4.79 Å². The molecule has 0 unspecified atom stereocenters. The summed E-state index contributed by atoms with van der Waals surface area (Å²) in [5.74, 6) is 0.812. The number of nitrogen functional groups attached to an aromatic ring is 1. The Kier molecular flexibility index (Phi) is 5.37. The van der Waals surface area contributed by atoms with Gasteiger partial charge in [0.1, 0.15) is 16.7 Å². The van der Waals surface area contributed by atoms with Crippen LogP contribution >= 0.6 is 11.6 Å². The number of anilines is 2. The predicted molar refractivity (Wildman–Crippen MR) is 84.8 cm³/mol. The lowest BCUT2D eigenvalue weighted by Crippen LogP contribution is -2.19. The van der Waals surface area contributed by atoms with E-state index < -0.39 is 5.91 Å². The topological polar surface area (TPSA) is 116 Å². The molecule has 2 rings (SSSR count). The number of primary amides is 1. The smallest absolute Gasteiger partial charge is 0.255 e. The molecule has 0 radical (unpaired) electrons. The van der Waals surface area contributed by atoms with Crippen LogP contribution in [0, 0.1) is 0 Å². The molecule has 0 aliphatic carbocycles. The summed E-state index contributed by atoms with van der Waals surface area (Å²) in [4.78, 5) is 18.4. The lowest BCUT2D eigenvalue weighted by atomic mass is 10.1. The number of benzene rings is 1. The van der Waals surface area contributed by atoms with Crippen LogP contribution in [-0.4, -0.2) is 29.0 Å². The highest BCUT2D eigenvalue weighted by Gasteiger charge is 2.01. The van der Waals surface area contributed by atoms with Crippen molar-refractivity contribution in [3.63, 3.8) is 0 Å². The summed E-state index contributed by atoms with van der Waals surface area (Å²) >= 11 is 5.80. The quantitative estimate of drug-likeness (QED) is 0.660. The van der Waals surface area contributed by atoms with E-state index in [0.717, 1.165) is 12.0 Å². The van der Waals surface area contributed by atoms with E-state index in [-0.39, 0.29) is 12.6 Å². The SMILES string of the molecule is NC(=O)COc1ccc(CCNc2cc(Cl)nc(N)n2)cc1. The Bertz CT molecular complexity index is 628. The van der Waals surface area contributed by atoms with E-state index in [2.05, 4.69) is 15.3 Å². The van der Waals surface area contributed by atoms with Gasteiger partial charge in [-0.1, -0.05) is 23.7 Å². The molecule has 0 atom stereocenters. The van der Waals surface area contributed by atoms with Crippen LogP contribution in [0.5, 0.6) is 5.75 Å². The van der Waals surface area contributed by atoms with E-state index in [4.69, 9.17) is 27.8 Å². The number of aromatic nitrogens is 2. The minimum Gasteiger partial charge on any atom is -0.484 e. The highest BCUT2D eigenvalue weighted by molar-refractivity contribution is 6.29. The van der Waals surface area contributed by atoms with Crippen LogP contribution in [0.2, 0.25) is 5.15 Å². The molecular weight excluding hydrogens is 306 g/mol. The van der Waals surface area contributed by atoms with Crippen LogP contribution in [0.1, 0.15) is 5.56 Å². The van der Waals surface area contributed by atoms with Crippen molar-refractivity contribution in [2.24, 2.45) is 5.73 Å². The molecule has 2 aromatic rings. The average molecular weight is 322 g/mol. The summed E-state index contributed by atoms with van der Waals surface area (Å²) in [7, 11) is 0. The van der Waals surface area contributed by atoms with Crippen molar-refractivity contribution in [2.75, 3.05) is 24.2 Å². The number of halogens is 1. The number of hydrogen-bond acceptors (Lipinski definition) is 6. The predicted octanol–water partition coefficient (Wildman–Crippen LogP) is 1.23. The van der Waals surface area contributed by atoms with Gasteiger partial charge in [-0.2, -0.15) is 4.98 Å². The van der Waals surface area contributed by atoms with Crippen LogP contribution in [0.15, 0.2) is 30.3 Å². The van der Waals surface area contributed by atoms with Crippen LogP contribution in [0.25, 0.3) is 0 Å². The van der Waals surface area contributed by atoms with Gasteiger partial charge in [-0.05, 0) is 24.1 Å². The number of amides is 1. The summed E-state index contributed by atoms with van der Waals surface area (Å²) in [6.45, 7) is 0.533. The first kappa shape index (κ1) is 15.8. The molecular formula is C14H16ClN5O2. The highest BCUT2D eigenvalue weighted by atomic mass is 35.5. The zero-order chi connectivity index (χ0) is 15.9. The van der Waals surface area contributed by atoms with Crippen molar-refractivity contribution in [3.05, 3.63) is 41.0 Å². The second-order valence-corrected chi connectivity index (χ2v) is 4.90. The maximum Gasteiger partial charge on any atom is 0.255 e. The van der Waals surface area contributed by atoms with Crippen LogP contribution < -0.4 is 21.5 Å². The third kappa shape index (κ3) is 5.10. The highest BCUT2D eigenvalue weighted by Crippen LogP contribution is 2.14. The van der Waals surface area contributed by atoms with Gasteiger partial charge in [-0.15, -0.1) is 0 Å². The second kappa shape index (κ2) is 7.46. The Morgan fingerprint density at radius 2 is 2.00 bits per heavy atom. The fraction of sp³-hybridized carbons (Fsp3) is 0.214. The van der Waals surface area contributed by atoms with Crippen molar-refractivity contribution in [1.29, 1.82) is 0 Å². The van der Waals surface area contributed by atoms with Crippen molar-refractivity contribution in [1.82, 2.24) is 9.97 Å². The number of nitrogens with one attached hydrogen (secondary N) is 1. The molecule has 0 saturated carbocycles. The third-order valence-electron chi connectivity index (χ3n) is 2.74. The molecule has 8 heteroatoms. The fourth-order valence-electron chi connectivity index (χ4n) is 1.77. The second-order valence-electron chi connectivity index (χ2n) is 4.51. The van der Waals surface area contributed by atoms with Gasteiger partial charge >= 0.3 is 0 Å². The first-order valence-corrected chi connectivity index (χ1v) is 6.95. The van der Waals surface area contributed by atoms with Gasteiger partial charge in [0, 0.05) is 12.6 Å². The van der Waals surface area contributed by atoms with Gasteiger partial charge in [-0.25, -0.2) is 4.98 Å². The van der Waals surface area contributed by atoms with Gasteiger partial charge in [0.2, 0.25) is 5.95 Å². The number of nitrogens with two attached hydrogens (primary N) is 2. The average Bonchev–Trinajstić information content (AvgIpc) is 2.45. The molecule has 116 valence electrons. The number of hydrogen-bond donors (Lipinski definition) is 3. The fourth-order valence-corrected chi connectivity index (χ4v) is 1.96. The van der Waals surface area contributed by atoms with Gasteiger partial charge in [0.05, 0.1) is 0 Å². The molecule has 1 amide bonds. The molecule has 0 aliphatic rings. The Morgan fingerprint density at radius 3 is 2.64 bits per heavy atom. The number of carbonyl (C=O) groups excluding carboxylic acids is 1. The number of nitrogens with zero attached hydrogens (tertiary/aromatic N) is 2. The summed E-state index contributed by atoms with van der Waals surface area (Å²) < 4.78 is 5.19. The maximum absolute atomic E-state index is 10.6. The summed E-state index contributed by atoms with van der Waals surface area (Å²) in [5.41, 5.74) is 11.6. The number of rotatable bonds is 7. The summed E-state index contributed by atoms with van der Waals surface area (Å²) in [6, 6.07) is 9.02. The molecule has 22 heavy (non-hydrogen) atoms. The molecule has 1 aromatic carbocycles. The van der Waals surface area contributed by atoms with Crippen molar-refractivity contribution >= 4 is 29.3 Å². The number of carbonyl (C=O) groups is 1. The Labute approximate surface area is 132 Å². The maximum atomic E-state index is 10.6. The van der Waals surface area contributed by atoms with E-state index in [9.17, 15) is 4.79 Å². The van der Waals surface area contributed by atoms with E-state index >= 15 is 0 Å². The molecule has 0 spiro atoms. The third-order valence-corrected chi connectivity index (χ3v) is 2.93. The van der Waals surface area contributed by atoms with Crippen molar-refractivity contribution in [2.45, 2.75) is 6.42 Å². The zero-order valence-electron chi connectivity index (χ0n) is 11.8. The zero-order valence-corrected chi connectivity index (χ0v) is 12.5. The molecule has 1 aromatic heterocycles. The van der Waals surface area contributed by atoms with E-state index in [1.807, 2.05) is 12.1 Å². The lowest BCUT2D eigenvalue weighted by Gasteiger charge is -2.08. The molecule has 7 nitrogen and oxygen atoms in total. The first-order chi connectivity index (χ1) is 10.5. The van der Waals surface area contributed by atoms with E-state index in [0.29, 0.717) is 23.3 Å². The number of ether oxygens (including phenoxy) is 1. The van der Waals surface area contributed by atoms with Crippen LogP contribution in [0.4, 0.5) is 11.8 Å². The van der Waals surface area contributed by atoms with Gasteiger partial charge in [0.15, 0.2) is 6.61 Å². The Morgan fingerprint density at radius 1 is 1.27 bits per heavy atom. The first-order valence-electron chi connectivity index (χ1n) is 6.57. The van der Waals surface area contributed by atoms with E-state index in [1.165, 1.54) is 0 Å². The molecule has 0 bridgehead atoms. The lowest BCUT2D eigenvalue weighted by molar-refractivity contribution is -0.119. The normalized spacial score (nSPS) is 10.2. The minimum atomic E-state index is -0.504. The Hall–Kier alpha value is -2.54. The van der Waals surface area contributed by atoms with Gasteiger partial charge < -0.3 is 21.5 Å². The van der Waals surface area contributed by atoms with Crippen molar-refractivity contribution < 1.29 is 9.53 Å². The standard InChI is InChI=1S/C14H16ClN5O2/c15-11-7-13(20-14(17)19-11)18-6-5-9-1-3-10(4-2-9)22-8-12(16)21/h1-4,7H,5-6,8H2,(H2,16,21)(H3,17,18,19,20). The summed E-state index contributed by atoms with van der Waals surface area (Å²) in [5, 5.41) is 3.42. The largest absolute Gasteiger partial charge is 0.484 e. The van der Waals surface area contributed by atoms with Crippen LogP contribution in [0.3, 0.4) is 0 Å². The Balaban J connectivity index is 1.82. The van der Waals surface area contributed by atoms with E-state index in [1.54, 1.807) is 18.2 Å². The van der Waals surface area contributed by atoms with Crippen molar-refractivity contribution in [3.8, 4) is 5.75 Å². The molecule has 1 heterocycles. The van der Waals surface area contributed by atoms with Gasteiger partial charge in [0.25, 0.3) is 5.91 Å². The molecule has 0 saturated heterocycles. The molecule has 0 aliphatic heterocycles. The monoisotopic (exact) mass is 321 g/mol. The summed E-state index contributed by atoms with van der Waals surface area (Å²) in [6.07, 6.45) is 0.775.